The summed E-state index contributed by atoms with van der Waals surface area (Å²) in [6.45, 7) is 1.97. The lowest BCUT2D eigenvalue weighted by molar-refractivity contribution is 0.0912. The quantitative estimate of drug-likeness (QED) is 0.867. The summed E-state index contributed by atoms with van der Waals surface area (Å²) < 4.78 is 0. The van der Waals surface area contributed by atoms with Gasteiger partial charge < -0.3 is 5.32 Å². The van der Waals surface area contributed by atoms with Crippen LogP contribution in [0.1, 0.15) is 98.6 Å². The van der Waals surface area contributed by atoms with Crippen LogP contribution in [0.5, 0.6) is 0 Å². The normalized spacial score (nSPS) is 21.9. The third-order valence-electron chi connectivity index (χ3n) is 5.70. The summed E-state index contributed by atoms with van der Waals surface area (Å²) in [4.78, 5) is 22.1. The van der Waals surface area contributed by atoms with Gasteiger partial charge in [0.15, 0.2) is 0 Å². The Balaban J connectivity index is 1.73. The Labute approximate surface area is 146 Å². The van der Waals surface area contributed by atoms with Crippen LogP contribution in [0, 0.1) is 6.92 Å². The standard InChI is InChI=1S/C19H30BN3O/c1-14-13-16(22-17(21-14)15-9-5-6-10-15)18(24)23-19(20)11-7-3-2-4-8-12-19/h13,15H,2-12,20H2,1H3,(H,23,24). The summed E-state index contributed by atoms with van der Waals surface area (Å²) in [6.07, 6.45) is 13.2. The first kappa shape index (κ1) is 17.4. The van der Waals surface area contributed by atoms with Gasteiger partial charge in [0.1, 0.15) is 19.4 Å². The molecular formula is C19H30BN3O. The van der Waals surface area contributed by atoms with Gasteiger partial charge in [-0.1, -0.05) is 44.9 Å². The van der Waals surface area contributed by atoms with Gasteiger partial charge in [-0.15, -0.1) is 0 Å². The van der Waals surface area contributed by atoms with Crippen LogP contribution < -0.4 is 5.32 Å². The smallest absolute Gasteiger partial charge is 0.269 e. The predicted octanol–water partition coefficient (Wildman–Crippen LogP) is 3.25. The molecule has 1 amide bonds. The largest absolute Gasteiger partial charge is 0.353 e. The molecule has 4 nitrogen and oxygen atoms in total. The third-order valence-corrected chi connectivity index (χ3v) is 5.70. The molecule has 0 aliphatic heterocycles. The fourth-order valence-corrected chi connectivity index (χ4v) is 4.22. The molecule has 2 fully saturated rings. The van der Waals surface area contributed by atoms with Crippen molar-refractivity contribution in [2.24, 2.45) is 0 Å². The van der Waals surface area contributed by atoms with Gasteiger partial charge in [0.25, 0.3) is 5.91 Å². The Hall–Kier alpha value is -1.39. The van der Waals surface area contributed by atoms with E-state index in [9.17, 15) is 4.79 Å². The van der Waals surface area contributed by atoms with Gasteiger partial charge in [-0.05, 0) is 38.7 Å². The maximum atomic E-state index is 12.8. The Morgan fingerprint density at radius 1 is 1.08 bits per heavy atom. The molecule has 1 aromatic heterocycles. The molecule has 0 radical (unpaired) electrons. The van der Waals surface area contributed by atoms with Crippen LogP contribution in [0.15, 0.2) is 6.07 Å². The first-order valence-corrected chi connectivity index (χ1v) is 9.74. The molecule has 3 rings (SSSR count). The van der Waals surface area contributed by atoms with E-state index < -0.39 is 0 Å². The summed E-state index contributed by atoms with van der Waals surface area (Å²) in [5, 5.41) is 3.30. The van der Waals surface area contributed by atoms with Crippen LogP contribution in [0.25, 0.3) is 0 Å². The van der Waals surface area contributed by atoms with Crippen LogP contribution in [-0.2, 0) is 0 Å². The van der Waals surface area contributed by atoms with Gasteiger partial charge in [-0.25, -0.2) is 9.97 Å². The lowest BCUT2D eigenvalue weighted by Crippen LogP contribution is -2.49. The van der Waals surface area contributed by atoms with Gasteiger partial charge in [0.05, 0.1) is 0 Å². The molecule has 24 heavy (non-hydrogen) atoms. The highest BCUT2D eigenvalue weighted by atomic mass is 16.2. The van der Waals surface area contributed by atoms with Gasteiger partial charge in [-0.3, -0.25) is 4.79 Å². The Morgan fingerprint density at radius 2 is 1.71 bits per heavy atom. The summed E-state index contributed by atoms with van der Waals surface area (Å²) >= 11 is 0. The molecule has 0 aromatic carbocycles. The number of aryl methyl sites for hydroxylation is 1. The number of nitrogens with zero attached hydrogens (tertiary/aromatic N) is 2. The van der Waals surface area contributed by atoms with Gasteiger partial charge in [0, 0.05) is 17.1 Å². The molecule has 0 atom stereocenters. The lowest BCUT2D eigenvalue weighted by atomic mass is 9.69. The number of carbonyl (C=O) groups excluding carboxylic acids is 1. The van der Waals surface area contributed by atoms with Crippen molar-refractivity contribution in [2.45, 2.75) is 88.9 Å². The maximum absolute atomic E-state index is 12.8. The molecule has 1 heterocycles. The molecule has 0 saturated heterocycles. The number of aromatic nitrogens is 2. The summed E-state index contributed by atoms with van der Waals surface area (Å²) in [6, 6.07) is 1.83. The zero-order chi connectivity index (χ0) is 17.0. The highest BCUT2D eigenvalue weighted by molar-refractivity contribution is 6.17. The zero-order valence-electron chi connectivity index (χ0n) is 15.2. The SMILES string of the molecule is BC1(NC(=O)c2cc(C)nc(C3CCCC3)n2)CCCCCCC1. The van der Waals surface area contributed by atoms with E-state index >= 15 is 0 Å². The molecule has 0 unspecified atom stereocenters. The van der Waals surface area contributed by atoms with Crippen molar-refractivity contribution in [2.75, 3.05) is 0 Å². The molecule has 0 bridgehead atoms. The van der Waals surface area contributed by atoms with Crippen LogP contribution in [0.4, 0.5) is 0 Å². The highest BCUT2D eigenvalue weighted by Crippen LogP contribution is 2.32. The molecule has 5 heteroatoms. The minimum atomic E-state index is -0.0934. The zero-order valence-corrected chi connectivity index (χ0v) is 15.2. The van der Waals surface area contributed by atoms with Crippen LogP contribution in [0.3, 0.4) is 0 Å². The van der Waals surface area contributed by atoms with Crippen LogP contribution in [-0.4, -0.2) is 29.2 Å². The van der Waals surface area contributed by atoms with E-state index in [2.05, 4.69) is 23.1 Å². The summed E-state index contributed by atoms with van der Waals surface area (Å²) in [7, 11) is 2.20. The third kappa shape index (κ3) is 4.37. The van der Waals surface area contributed by atoms with Crippen molar-refractivity contribution in [3.63, 3.8) is 0 Å². The average molecular weight is 327 g/mol. The van der Waals surface area contributed by atoms with Crippen LogP contribution >= 0.6 is 0 Å². The van der Waals surface area contributed by atoms with Crippen molar-refractivity contribution < 1.29 is 4.79 Å². The number of nitrogens with one attached hydrogen (secondary N) is 1. The van der Waals surface area contributed by atoms with E-state index in [0.717, 1.165) is 37.2 Å². The van der Waals surface area contributed by atoms with Crippen molar-refractivity contribution in [3.8, 4) is 0 Å². The van der Waals surface area contributed by atoms with E-state index in [1.54, 1.807) is 0 Å². The number of carbonyl (C=O) groups is 1. The first-order valence-electron chi connectivity index (χ1n) is 9.74. The lowest BCUT2D eigenvalue weighted by Gasteiger charge is -2.33. The van der Waals surface area contributed by atoms with Crippen LogP contribution in [0.2, 0.25) is 0 Å². The van der Waals surface area contributed by atoms with E-state index in [1.165, 1.54) is 44.9 Å². The van der Waals surface area contributed by atoms with E-state index in [4.69, 9.17) is 0 Å². The molecule has 0 spiro atoms. The fraction of sp³-hybridized carbons (Fsp3) is 0.737. The number of amides is 1. The number of hydrogen-bond donors (Lipinski definition) is 1. The maximum Gasteiger partial charge on any atom is 0.269 e. The molecular weight excluding hydrogens is 297 g/mol. The first-order chi connectivity index (χ1) is 11.6. The molecule has 1 N–H and O–H groups in total. The monoisotopic (exact) mass is 327 g/mol. The molecule has 2 saturated carbocycles. The summed E-state index contributed by atoms with van der Waals surface area (Å²) in [5.41, 5.74) is 1.36. The second kappa shape index (κ2) is 7.67. The average Bonchev–Trinajstić information content (AvgIpc) is 3.05. The Kier molecular flexibility index (Phi) is 5.57. The van der Waals surface area contributed by atoms with Gasteiger partial charge >= 0.3 is 0 Å². The van der Waals surface area contributed by atoms with E-state index in [0.29, 0.717) is 11.6 Å². The van der Waals surface area contributed by atoms with Gasteiger partial charge in [-0.2, -0.15) is 0 Å². The molecule has 130 valence electrons. The fourth-order valence-electron chi connectivity index (χ4n) is 4.22. The molecule has 1 aromatic rings. The van der Waals surface area contributed by atoms with E-state index in [-0.39, 0.29) is 11.3 Å². The Morgan fingerprint density at radius 3 is 2.38 bits per heavy atom. The summed E-state index contributed by atoms with van der Waals surface area (Å²) in [5.74, 6) is 1.29. The van der Waals surface area contributed by atoms with Crippen molar-refractivity contribution in [3.05, 3.63) is 23.3 Å². The van der Waals surface area contributed by atoms with Gasteiger partial charge in [0.2, 0.25) is 0 Å². The second-order valence-corrected chi connectivity index (χ2v) is 8.02. The molecule has 2 aliphatic rings. The molecule has 2 aliphatic carbocycles. The highest BCUT2D eigenvalue weighted by Gasteiger charge is 2.28. The second-order valence-electron chi connectivity index (χ2n) is 8.02. The Bertz CT molecular complexity index is 576. The minimum Gasteiger partial charge on any atom is -0.353 e. The van der Waals surface area contributed by atoms with Crippen molar-refractivity contribution >= 4 is 13.8 Å². The van der Waals surface area contributed by atoms with E-state index in [1.807, 2.05) is 13.0 Å². The van der Waals surface area contributed by atoms with Crippen molar-refractivity contribution in [1.82, 2.24) is 15.3 Å². The minimum absolute atomic E-state index is 0.0252. The van der Waals surface area contributed by atoms with Crippen molar-refractivity contribution in [1.29, 1.82) is 0 Å². The topological polar surface area (TPSA) is 54.9 Å². The number of hydrogen-bond acceptors (Lipinski definition) is 3. The number of rotatable bonds is 3. The predicted molar refractivity (Wildman–Crippen MR) is 99.0 cm³/mol.